The highest BCUT2D eigenvalue weighted by Gasteiger charge is 2.22. The maximum Gasteiger partial charge on any atom is 0.269 e. The summed E-state index contributed by atoms with van der Waals surface area (Å²) in [7, 11) is 0. The third-order valence-electron chi connectivity index (χ3n) is 3.85. The van der Waals surface area contributed by atoms with Gasteiger partial charge in [-0.15, -0.1) is 0 Å². The van der Waals surface area contributed by atoms with Crippen LogP contribution in [0.1, 0.15) is 53.4 Å². The molecule has 0 aliphatic heterocycles. The molecule has 0 aromatic heterocycles. The number of phenolic OH excluding ortho intramolecular Hbond substituents is 1. The van der Waals surface area contributed by atoms with Crippen molar-refractivity contribution in [3.05, 3.63) is 34.4 Å². The zero-order chi connectivity index (χ0) is 17.7. The molecule has 0 saturated heterocycles. The van der Waals surface area contributed by atoms with Crippen molar-refractivity contribution in [2.75, 3.05) is 26.2 Å². The van der Waals surface area contributed by atoms with Crippen molar-refractivity contribution in [1.29, 1.82) is 0 Å². The van der Waals surface area contributed by atoms with Gasteiger partial charge < -0.3 is 9.59 Å². The second-order valence-electron chi connectivity index (χ2n) is 6.01. The zero-order valence-electron chi connectivity index (χ0n) is 15.1. The van der Waals surface area contributed by atoms with Gasteiger partial charge in [0.2, 0.25) is 0 Å². The number of non-ortho nitro benzene ring substituents is 1. The van der Waals surface area contributed by atoms with Crippen LogP contribution in [0, 0.1) is 10.1 Å². The first-order chi connectivity index (χ1) is 10.9. The van der Waals surface area contributed by atoms with E-state index in [0.717, 1.165) is 0 Å². The lowest BCUT2D eigenvalue weighted by Crippen LogP contribution is -2.50. The SMILES string of the molecule is CCC[N+](CCC)(CCC)CCC.O=[N+]([O-])c1ccc(O)cc1. The molecule has 1 aromatic carbocycles. The zero-order valence-corrected chi connectivity index (χ0v) is 15.1. The molecule has 1 rings (SSSR count). The Labute approximate surface area is 140 Å². The van der Waals surface area contributed by atoms with E-state index in [1.807, 2.05) is 0 Å². The van der Waals surface area contributed by atoms with E-state index >= 15 is 0 Å². The predicted molar refractivity (Wildman–Crippen MR) is 95.7 cm³/mol. The van der Waals surface area contributed by atoms with E-state index in [9.17, 15) is 10.1 Å². The number of nitro benzene ring substituents is 1. The van der Waals surface area contributed by atoms with E-state index in [0.29, 0.717) is 0 Å². The summed E-state index contributed by atoms with van der Waals surface area (Å²) in [6.45, 7) is 14.8. The van der Waals surface area contributed by atoms with Crippen LogP contribution in [0.4, 0.5) is 5.69 Å². The number of hydrogen-bond donors (Lipinski definition) is 1. The minimum atomic E-state index is -0.514. The Kier molecular flexibility index (Phi) is 11.0. The van der Waals surface area contributed by atoms with Gasteiger partial charge in [0, 0.05) is 12.1 Å². The lowest BCUT2D eigenvalue weighted by atomic mass is 10.2. The number of nitro groups is 1. The van der Waals surface area contributed by atoms with Crippen molar-refractivity contribution >= 4 is 5.69 Å². The third-order valence-corrected chi connectivity index (χ3v) is 3.85. The molecule has 0 spiro atoms. The number of quaternary nitrogens is 1. The number of hydrogen-bond acceptors (Lipinski definition) is 3. The fourth-order valence-electron chi connectivity index (χ4n) is 3.14. The normalized spacial score (nSPS) is 10.8. The molecule has 0 amide bonds. The first-order valence-corrected chi connectivity index (χ1v) is 8.73. The van der Waals surface area contributed by atoms with Crippen LogP contribution in [0.15, 0.2) is 24.3 Å². The van der Waals surface area contributed by atoms with Crippen LogP contribution in [-0.4, -0.2) is 40.7 Å². The van der Waals surface area contributed by atoms with E-state index in [1.165, 1.54) is 80.6 Å². The maximum atomic E-state index is 10.0. The van der Waals surface area contributed by atoms with Gasteiger partial charge in [-0.1, -0.05) is 27.7 Å². The van der Waals surface area contributed by atoms with E-state index in [1.54, 1.807) is 0 Å². The van der Waals surface area contributed by atoms with E-state index in [2.05, 4.69) is 27.7 Å². The summed E-state index contributed by atoms with van der Waals surface area (Å²) in [6, 6.07) is 5.04. The van der Waals surface area contributed by atoms with E-state index in [-0.39, 0.29) is 11.4 Å². The van der Waals surface area contributed by atoms with Crippen molar-refractivity contribution in [2.45, 2.75) is 53.4 Å². The highest BCUT2D eigenvalue weighted by atomic mass is 16.6. The largest absolute Gasteiger partial charge is 0.508 e. The molecule has 1 aromatic rings. The monoisotopic (exact) mass is 325 g/mol. The molecule has 0 radical (unpaired) electrons. The van der Waals surface area contributed by atoms with Gasteiger partial charge in [0.15, 0.2) is 0 Å². The van der Waals surface area contributed by atoms with Crippen molar-refractivity contribution in [2.24, 2.45) is 0 Å². The molecule has 0 heterocycles. The van der Waals surface area contributed by atoms with Gasteiger partial charge in [0.25, 0.3) is 5.69 Å². The standard InChI is InChI=1S/C12H28N.C6H5NO3/c1-5-9-13(10-6-2,11-7-3)12-8-4;8-6-3-1-5(2-4-6)7(9)10/h5-12H2,1-4H3;1-4,8H/q+1;. The Morgan fingerprint density at radius 3 is 1.48 bits per heavy atom. The predicted octanol–water partition coefficient (Wildman–Crippen LogP) is 4.74. The fourth-order valence-corrected chi connectivity index (χ4v) is 3.14. The molecule has 0 saturated carbocycles. The molecule has 0 aliphatic rings. The van der Waals surface area contributed by atoms with Gasteiger partial charge in [-0.2, -0.15) is 0 Å². The molecular formula is C18H33N2O3+. The van der Waals surface area contributed by atoms with Crippen LogP contribution in [0.2, 0.25) is 0 Å². The highest BCUT2D eigenvalue weighted by molar-refractivity contribution is 5.34. The number of nitrogens with zero attached hydrogens (tertiary/aromatic N) is 2. The second kappa shape index (κ2) is 11.9. The molecule has 23 heavy (non-hydrogen) atoms. The summed E-state index contributed by atoms with van der Waals surface area (Å²) in [5.74, 6) is 0.0330. The first kappa shape index (κ1) is 21.4. The molecule has 1 N–H and O–H groups in total. The molecule has 0 aliphatic carbocycles. The summed E-state index contributed by atoms with van der Waals surface area (Å²) < 4.78 is 1.38. The van der Waals surface area contributed by atoms with Crippen molar-refractivity contribution in [3.8, 4) is 5.75 Å². The minimum Gasteiger partial charge on any atom is -0.508 e. The molecule has 5 nitrogen and oxygen atoms in total. The smallest absolute Gasteiger partial charge is 0.269 e. The van der Waals surface area contributed by atoms with Gasteiger partial charge in [-0.3, -0.25) is 10.1 Å². The maximum absolute atomic E-state index is 10.0. The van der Waals surface area contributed by atoms with Crippen molar-refractivity contribution < 1.29 is 14.5 Å². The number of aromatic hydroxyl groups is 1. The second-order valence-corrected chi connectivity index (χ2v) is 6.01. The lowest BCUT2D eigenvalue weighted by molar-refractivity contribution is -0.928. The molecule has 0 atom stereocenters. The van der Waals surface area contributed by atoms with Gasteiger partial charge in [0.1, 0.15) is 5.75 Å². The van der Waals surface area contributed by atoms with Crippen LogP contribution in [0.25, 0.3) is 0 Å². The molecule has 0 bridgehead atoms. The Hall–Kier alpha value is -1.62. The topological polar surface area (TPSA) is 63.4 Å². The van der Waals surface area contributed by atoms with Gasteiger partial charge in [-0.25, -0.2) is 0 Å². The number of benzene rings is 1. The highest BCUT2D eigenvalue weighted by Crippen LogP contribution is 2.15. The summed E-state index contributed by atoms with van der Waals surface area (Å²) in [5.41, 5.74) is -0.0159. The van der Waals surface area contributed by atoms with Gasteiger partial charge >= 0.3 is 0 Å². The van der Waals surface area contributed by atoms with Crippen LogP contribution >= 0.6 is 0 Å². The Balaban J connectivity index is 0.000000433. The van der Waals surface area contributed by atoms with Gasteiger partial charge in [0.05, 0.1) is 31.1 Å². The Bertz CT molecular complexity index is 403. The van der Waals surface area contributed by atoms with Crippen molar-refractivity contribution in [3.63, 3.8) is 0 Å². The van der Waals surface area contributed by atoms with Crippen LogP contribution < -0.4 is 0 Å². The van der Waals surface area contributed by atoms with E-state index < -0.39 is 4.92 Å². The molecular weight excluding hydrogens is 292 g/mol. The number of rotatable bonds is 9. The Morgan fingerprint density at radius 2 is 1.22 bits per heavy atom. The lowest BCUT2D eigenvalue weighted by Gasteiger charge is -2.38. The van der Waals surface area contributed by atoms with Gasteiger partial charge in [-0.05, 0) is 37.8 Å². The van der Waals surface area contributed by atoms with Crippen LogP contribution in [-0.2, 0) is 0 Å². The van der Waals surface area contributed by atoms with E-state index in [4.69, 9.17) is 5.11 Å². The average Bonchev–Trinajstić information content (AvgIpc) is 2.49. The molecule has 0 unspecified atom stereocenters. The third kappa shape index (κ3) is 8.55. The first-order valence-electron chi connectivity index (χ1n) is 8.73. The van der Waals surface area contributed by atoms with Crippen LogP contribution in [0.5, 0.6) is 5.75 Å². The summed E-state index contributed by atoms with van der Waals surface area (Å²) in [6.07, 6.45) is 5.33. The minimum absolute atomic E-state index is 0.0159. The Morgan fingerprint density at radius 1 is 0.870 bits per heavy atom. The summed E-state index contributed by atoms with van der Waals surface area (Å²) in [4.78, 5) is 9.52. The number of phenols is 1. The summed E-state index contributed by atoms with van der Waals surface area (Å²) >= 11 is 0. The fraction of sp³-hybridized carbons (Fsp3) is 0.667. The summed E-state index contributed by atoms with van der Waals surface area (Å²) in [5, 5.41) is 18.8. The molecule has 132 valence electrons. The average molecular weight is 325 g/mol. The van der Waals surface area contributed by atoms with Crippen LogP contribution in [0.3, 0.4) is 0 Å². The molecule has 0 fully saturated rings. The quantitative estimate of drug-likeness (QED) is 0.405. The molecule has 5 heteroatoms. The van der Waals surface area contributed by atoms with Crippen molar-refractivity contribution in [1.82, 2.24) is 0 Å².